The van der Waals surface area contributed by atoms with Crippen molar-refractivity contribution in [3.05, 3.63) is 82.4 Å². The molecule has 6 rings (SSSR count). The van der Waals surface area contributed by atoms with Crippen molar-refractivity contribution >= 4 is 22.9 Å². The lowest BCUT2D eigenvalue weighted by atomic mass is 9.90. The lowest BCUT2D eigenvalue weighted by Gasteiger charge is -2.26. The molecule has 0 saturated carbocycles. The molecule has 1 saturated heterocycles. The fraction of sp³-hybridized carbons (Fsp3) is 0.371. The van der Waals surface area contributed by atoms with E-state index in [0.717, 1.165) is 52.8 Å². The minimum atomic E-state index is -0.668. The summed E-state index contributed by atoms with van der Waals surface area (Å²) in [5, 5.41) is 3.97. The van der Waals surface area contributed by atoms with Gasteiger partial charge in [0.1, 0.15) is 5.60 Å². The summed E-state index contributed by atoms with van der Waals surface area (Å²) < 4.78 is 7.57. The predicted octanol–water partition coefficient (Wildman–Crippen LogP) is 7.60. The first-order chi connectivity index (χ1) is 19.6. The first kappa shape index (κ1) is 27.3. The van der Waals surface area contributed by atoms with Gasteiger partial charge in [-0.3, -0.25) is 9.69 Å². The Kier molecular flexibility index (Phi) is 6.98. The van der Waals surface area contributed by atoms with Crippen LogP contribution in [0.2, 0.25) is 0 Å². The molecule has 2 aliphatic heterocycles. The SMILES string of the molecule is Cc1cccc(C)c1-c1cc2c(c(-c3cc4cc(CN5CCCCC5)ccc4n3C(=O)OC(C)(C)C)c1)C(=O)NC2. The summed E-state index contributed by atoms with van der Waals surface area (Å²) in [6.45, 7) is 13.4. The fourth-order valence-corrected chi connectivity index (χ4v) is 6.43. The molecule has 3 heterocycles. The van der Waals surface area contributed by atoms with Crippen molar-refractivity contribution in [3.8, 4) is 22.4 Å². The van der Waals surface area contributed by atoms with Gasteiger partial charge in [0.05, 0.1) is 16.8 Å². The zero-order valence-electron chi connectivity index (χ0n) is 24.8. The number of carbonyl (C=O) groups is 2. The molecular formula is C35H39N3O3. The van der Waals surface area contributed by atoms with E-state index >= 15 is 0 Å². The van der Waals surface area contributed by atoms with Gasteiger partial charge in [-0.25, -0.2) is 9.36 Å². The number of rotatable bonds is 4. The Labute approximate surface area is 242 Å². The summed E-state index contributed by atoms with van der Waals surface area (Å²) in [6, 6.07) is 18.9. The summed E-state index contributed by atoms with van der Waals surface area (Å²) in [7, 11) is 0. The molecule has 4 aromatic rings. The van der Waals surface area contributed by atoms with E-state index in [9.17, 15) is 9.59 Å². The molecule has 1 fully saturated rings. The van der Waals surface area contributed by atoms with E-state index in [-0.39, 0.29) is 5.91 Å². The number of carbonyl (C=O) groups excluding carboxylic acids is 2. The number of likely N-dealkylation sites (tertiary alicyclic amines) is 1. The molecule has 212 valence electrons. The van der Waals surface area contributed by atoms with Crippen molar-refractivity contribution in [3.63, 3.8) is 0 Å². The van der Waals surface area contributed by atoms with Gasteiger partial charge < -0.3 is 10.1 Å². The van der Waals surface area contributed by atoms with Gasteiger partial charge in [-0.2, -0.15) is 0 Å². The molecule has 0 aliphatic carbocycles. The molecule has 0 bridgehead atoms. The summed E-state index contributed by atoms with van der Waals surface area (Å²) >= 11 is 0. The molecule has 0 atom stereocenters. The molecule has 1 N–H and O–H groups in total. The summed E-state index contributed by atoms with van der Waals surface area (Å²) in [6.07, 6.45) is 3.34. The van der Waals surface area contributed by atoms with E-state index in [4.69, 9.17) is 4.74 Å². The molecule has 6 heteroatoms. The number of benzene rings is 3. The molecule has 3 aromatic carbocycles. The van der Waals surface area contributed by atoms with Crippen LogP contribution in [-0.2, 0) is 17.8 Å². The van der Waals surface area contributed by atoms with Gasteiger partial charge in [-0.1, -0.05) is 30.7 Å². The van der Waals surface area contributed by atoms with E-state index < -0.39 is 11.7 Å². The Morgan fingerprint density at radius 1 is 0.927 bits per heavy atom. The number of ether oxygens (including phenoxy) is 1. The summed E-state index contributed by atoms with van der Waals surface area (Å²) in [5.41, 5.74) is 8.85. The van der Waals surface area contributed by atoms with E-state index in [1.165, 1.54) is 36.0 Å². The predicted molar refractivity (Wildman–Crippen MR) is 164 cm³/mol. The lowest BCUT2D eigenvalue weighted by Crippen LogP contribution is -2.29. The number of aromatic nitrogens is 1. The number of nitrogens with one attached hydrogen (secondary N) is 1. The Hall–Kier alpha value is -3.90. The smallest absolute Gasteiger partial charge is 0.419 e. The van der Waals surface area contributed by atoms with Crippen LogP contribution < -0.4 is 5.32 Å². The maximum absolute atomic E-state index is 13.8. The number of nitrogens with zero attached hydrogens (tertiary/aromatic N) is 2. The highest BCUT2D eigenvalue weighted by Crippen LogP contribution is 2.39. The third kappa shape index (κ3) is 5.29. The number of piperidine rings is 1. The molecule has 41 heavy (non-hydrogen) atoms. The van der Waals surface area contributed by atoms with Crippen LogP contribution in [0.15, 0.2) is 54.6 Å². The first-order valence-corrected chi connectivity index (χ1v) is 14.7. The third-order valence-corrected chi connectivity index (χ3v) is 8.23. The van der Waals surface area contributed by atoms with Crippen LogP contribution in [0.4, 0.5) is 4.79 Å². The molecule has 1 amide bonds. The van der Waals surface area contributed by atoms with Crippen molar-refractivity contribution in [2.45, 2.75) is 72.6 Å². The van der Waals surface area contributed by atoms with Crippen LogP contribution in [0.3, 0.4) is 0 Å². The summed E-state index contributed by atoms with van der Waals surface area (Å²) in [4.78, 5) is 29.5. The minimum absolute atomic E-state index is 0.116. The highest BCUT2D eigenvalue weighted by molar-refractivity contribution is 6.08. The Bertz CT molecular complexity index is 1650. The van der Waals surface area contributed by atoms with E-state index in [0.29, 0.717) is 17.8 Å². The second-order valence-corrected chi connectivity index (χ2v) is 12.6. The van der Waals surface area contributed by atoms with Crippen molar-refractivity contribution in [1.29, 1.82) is 0 Å². The van der Waals surface area contributed by atoms with Gasteiger partial charge in [-0.15, -0.1) is 0 Å². The highest BCUT2D eigenvalue weighted by Gasteiger charge is 2.30. The van der Waals surface area contributed by atoms with Crippen LogP contribution in [0.25, 0.3) is 33.3 Å². The maximum Gasteiger partial charge on any atom is 0.419 e. The topological polar surface area (TPSA) is 63.6 Å². The van der Waals surface area contributed by atoms with Crippen LogP contribution in [-0.4, -0.2) is 40.2 Å². The highest BCUT2D eigenvalue weighted by atomic mass is 16.6. The zero-order chi connectivity index (χ0) is 28.9. The quantitative estimate of drug-likeness (QED) is 0.285. The molecule has 6 nitrogen and oxygen atoms in total. The normalized spacial score (nSPS) is 15.7. The monoisotopic (exact) mass is 549 g/mol. The number of amides is 1. The second kappa shape index (κ2) is 10.5. The first-order valence-electron chi connectivity index (χ1n) is 14.7. The average molecular weight is 550 g/mol. The van der Waals surface area contributed by atoms with Crippen LogP contribution in [0, 0.1) is 13.8 Å². The fourth-order valence-electron chi connectivity index (χ4n) is 6.43. The molecule has 0 spiro atoms. The van der Waals surface area contributed by atoms with Gasteiger partial charge in [0.2, 0.25) is 0 Å². The number of fused-ring (bicyclic) bond motifs is 2. The van der Waals surface area contributed by atoms with Crippen LogP contribution in [0.1, 0.15) is 72.6 Å². The van der Waals surface area contributed by atoms with Gasteiger partial charge in [0, 0.05) is 24.0 Å². The van der Waals surface area contributed by atoms with Crippen LogP contribution >= 0.6 is 0 Å². The van der Waals surface area contributed by atoms with Gasteiger partial charge in [0.15, 0.2) is 0 Å². The largest absolute Gasteiger partial charge is 0.443 e. The van der Waals surface area contributed by atoms with Gasteiger partial charge in [-0.05, 0) is 124 Å². The second-order valence-electron chi connectivity index (χ2n) is 12.6. The van der Waals surface area contributed by atoms with E-state index in [1.807, 2.05) is 26.8 Å². The maximum atomic E-state index is 13.8. The molecule has 0 radical (unpaired) electrons. The molecule has 1 aromatic heterocycles. The third-order valence-electron chi connectivity index (χ3n) is 8.23. The van der Waals surface area contributed by atoms with Crippen molar-refractivity contribution < 1.29 is 14.3 Å². The Morgan fingerprint density at radius 2 is 1.66 bits per heavy atom. The van der Waals surface area contributed by atoms with Crippen molar-refractivity contribution in [2.75, 3.05) is 13.1 Å². The minimum Gasteiger partial charge on any atom is -0.443 e. The van der Waals surface area contributed by atoms with Gasteiger partial charge in [0.25, 0.3) is 5.91 Å². The van der Waals surface area contributed by atoms with E-state index in [1.54, 1.807) is 4.57 Å². The van der Waals surface area contributed by atoms with Gasteiger partial charge >= 0.3 is 6.09 Å². The van der Waals surface area contributed by atoms with Crippen LogP contribution in [0.5, 0.6) is 0 Å². The summed E-state index contributed by atoms with van der Waals surface area (Å²) in [5.74, 6) is -0.116. The van der Waals surface area contributed by atoms with E-state index in [2.05, 4.69) is 72.6 Å². The van der Waals surface area contributed by atoms with Crippen molar-refractivity contribution in [2.24, 2.45) is 0 Å². The van der Waals surface area contributed by atoms with Crippen molar-refractivity contribution in [1.82, 2.24) is 14.8 Å². The lowest BCUT2D eigenvalue weighted by molar-refractivity contribution is 0.0547. The molecular weight excluding hydrogens is 510 g/mol. The average Bonchev–Trinajstić information content (AvgIpc) is 3.48. The Balaban J connectivity index is 1.56. The molecule has 0 unspecified atom stereocenters. The zero-order valence-corrected chi connectivity index (χ0v) is 24.8. The standard InChI is InChI=1S/C35H39N3O3/c1-22-10-9-11-23(2)31(22)26-17-27-20-36-33(39)32(27)28(18-26)30-19-25-16-24(21-37-14-7-6-8-15-37)12-13-29(25)38(30)34(40)41-35(3,4)5/h9-13,16-19H,6-8,14-15,20-21H2,1-5H3,(H,36,39). The number of aryl methyl sites for hydroxylation is 2. The molecule has 2 aliphatic rings. The number of hydrogen-bond acceptors (Lipinski definition) is 4. The number of hydrogen-bond donors (Lipinski definition) is 1. The Morgan fingerprint density at radius 3 is 2.37 bits per heavy atom.